The molecule has 0 saturated carbocycles. The van der Waals surface area contributed by atoms with Crippen molar-refractivity contribution in [2.45, 2.75) is 26.5 Å². The van der Waals surface area contributed by atoms with Crippen molar-refractivity contribution in [3.05, 3.63) is 113 Å². The maximum atomic E-state index is 14.1. The minimum Gasteiger partial charge on any atom is -0.493 e. The van der Waals surface area contributed by atoms with Gasteiger partial charge < -0.3 is 18.9 Å². The number of esters is 1. The molecular formula is C32H26BrClI2N2O6S. The molecule has 13 heteroatoms. The number of thiazole rings is 1. The summed E-state index contributed by atoms with van der Waals surface area (Å²) in [6, 6.07) is 14.2. The molecule has 1 aliphatic rings. The Morgan fingerprint density at radius 2 is 1.78 bits per heavy atom. The summed E-state index contributed by atoms with van der Waals surface area (Å²) in [5.74, 6) is 1.15. The number of hydrogen-bond donors (Lipinski definition) is 0. The second-order valence-corrected chi connectivity index (χ2v) is 14.3. The summed E-state index contributed by atoms with van der Waals surface area (Å²) in [5.41, 5.74) is 2.80. The molecule has 0 amide bonds. The van der Waals surface area contributed by atoms with Crippen LogP contribution in [0.3, 0.4) is 0 Å². The lowest BCUT2D eigenvalue weighted by molar-refractivity contribution is -0.139. The zero-order valence-corrected chi connectivity index (χ0v) is 31.9. The van der Waals surface area contributed by atoms with Crippen LogP contribution in [0, 0.1) is 7.14 Å². The Labute approximate surface area is 304 Å². The average Bonchev–Trinajstić information content (AvgIpc) is 3.30. The molecular weight excluding hydrogens is 910 g/mol. The molecule has 0 radical (unpaired) electrons. The van der Waals surface area contributed by atoms with Crippen molar-refractivity contribution in [3.63, 3.8) is 0 Å². The van der Waals surface area contributed by atoms with Gasteiger partial charge in [-0.25, -0.2) is 9.79 Å². The number of rotatable bonds is 9. The number of aromatic nitrogens is 1. The quantitative estimate of drug-likeness (QED) is 0.133. The van der Waals surface area contributed by atoms with Crippen LogP contribution in [0.15, 0.2) is 74.1 Å². The van der Waals surface area contributed by atoms with Crippen molar-refractivity contribution in [2.24, 2.45) is 4.99 Å². The second kappa shape index (κ2) is 14.6. The molecule has 3 aromatic carbocycles. The number of methoxy groups -OCH3 is 2. The topological polar surface area (TPSA) is 88.4 Å². The number of fused-ring (bicyclic) bond motifs is 1. The Bertz CT molecular complexity index is 2000. The molecule has 0 fully saturated rings. The van der Waals surface area contributed by atoms with Crippen molar-refractivity contribution in [3.8, 4) is 17.2 Å². The van der Waals surface area contributed by atoms with E-state index in [1.807, 2.05) is 42.5 Å². The Hall–Kier alpha value is -2.40. The van der Waals surface area contributed by atoms with Crippen molar-refractivity contribution in [2.75, 3.05) is 20.8 Å². The molecule has 0 bridgehead atoms. The first-order valence-corrected chi connectivity index (χ1v) is 17.7. The van der Waals surface area contributed by atoms with Crippen LogP contribution in [0.5, 0.6) is 17.2 Å². The van der Waals surface area contributed by atoms with Gasteiger partial charge in [0.25, 0.3) is 5.56 Å². The normalized spacial score (nSPS) is 14.6. The van der Waals surface area contributed by atoms with Crippen LogP contribution in [0.25, 0.3) is 6.08 Å². The standard InChI is InChI=1S/C32H26BrClI2N2O6S/c1-5-43-31(40)27-16(2)37-32-38(28(27)19-13-24(41-3)25(42-4)14-20(19)33)30(39)26(45-32)12-17-10-22(35)29(23(36)11-17)44-15-18-8-6-7-9-21(18)34/h6-14,28H,5,15H2,1-4H3/b26-12-/t28-/m1/s1. The fraction of sp³-hybridized carbons (Fsp3) is 0.219. The molecule has 8 nitrogen and oxygen atoms in total. The van der Waals surface area contributed by atoms with Crippen molar-refractivity contribution >= 4 is 96.1 Å². The van der Waals surface area contributed by atoms with E-state index in [1.54, 1.807) is 37.7 Å². The maximum Gasteiger partial charge on any atom is 0.338 e. The first-order valence-electron chi connectivity index (χ1n) is 13.5. The minimum absolute atomic E-state index is 0.176. The highest BCUT2D eigenvalue weighted by molar-refractivity contribution is 14.1. The third kappa shape index (κ3) is 6.99. The van der Waals surface area contributed by atoms with Gasteiger partial charge in [-0.1, -0.05) is 57.1 Å². The number of benzene rings is 3. The van der Waals surface area contributed by atoms with Crippen LogP contribution in [0.2, 0.25) is 5.02 Å². The predicted octanol–water partition coefficient (Wildman–Crippen LogP) is 7.02. The van der Waals surface area contributed by atoms with E-state index in [1.165, 1.54) is 18.4 Å². The van der Waals surface area contributed by atoms with E-state index >= 15 is 0 Å². The first kappa shape index (κ1) is 33.9. The highest BCUT2D eigenvalue weighted by Crippen LogP contribution is 2.41. The number of hydrogen-bond acceptors (Lipinski definition) is 8. The van der Waals surface area contributed by atoms with E-state index in [-0.39, 0.29) is 17.7 Å². The van der Waals surface area contributed by atoms with Crippen molar-refractivity contribution < 1.29 is 23.7 Å². The Kier molecular flexibility index (Phi) is 11.0. The zero-order valence-electron chi connectivity index (χ0n) is 24.5. The van der Waals surface area contributed by atoms with E-state index in [0.717, 1.165) is 24.0 Å². The zero-order chi connectivity index (χ0) is 32.4. The smallest absolute Gasteiger partial charge is 0.338 e. The number of carbonyl (C=O) groups excluding carboxylic acids is 1. The molecule has 45 heavy (non-hydrogen) atoms. The number of nitrogens with zero attached hydrogens (tertiary/aromatic N) is 2. The molecule has 1 aliphatic heterocycles. The van der Waals surface area contributed by atoms with Gasteiger partial charge in [0.15, 0.2) is 16.3 Å². The summed E-state index contributed by atoms with van der Waals surface area (Å²) in [5, 5.41) is 0.647. The van der Waals surface area contributed by atoms with Crippen molar-refractivity contribution in [1.29, 1.82) is 0 Å². The van der Waals surface area contributed by atoms with Crippen LogP contribution >= 0.6 is 84.0 Å². The average molecular weight is 936 g/mol. The molecule has 1 aromatic heterocycles. The highest BCUT2D eigenvalue weighted by Gasteiger charge is 2.35. The summed E-state index contributed by atoms with van der Waals surface area (Å²) in [6.45, 7) is 3.99. The molecule has 234 valence electrons. The Balaban J connectivity index is 1.61. The molecule has 0 unspecified atom stereocenters. The van der Waals surface area contributed by atoms with Crippen LogP contribution in [-0.4, -0.2) is 31.4 Å². The van der Waals surface area contributed by atoms with Gasteiger partial charge in [-0.05, 0) is 107 Å². The molecule has 4 aromatic rings. The molecule has 0 N–H and O–H groups in total. The van der Waals surface area contributed by atoms with E-state index in [4.69, 9.17) is 30.5 Å². The predicted molar refractivity (Wildman–Crippen MR) is 195 cm³/mol. The largest absolute Gasteiger partial charge is 0.493 e. The molecule has 0 aliphatic carbocycles. The number of halogens is 4. The lowest BCUT2D eigenvalue weighted by Gasteiger charge is -2.26. The maximum absolute atomic E-state index is 14.1. The van der Waals surface area contributed by atoms with Gasteiger partial charge in [0, 0.05) is 15.1 Å². The number of ether oxygens (including phenoxy) is 4. The molecule has 0 saturated heterocycles. The molecule has 5 rings (SSSR count). The lowest BCUT2D eigenvalue weighted by Crippen LogP contribution is -2.40. The minimum atomic E-state index is -0.822. The van der Waals surface area contributed by atoms with Crippen LogP contribution in [0.1, 0.15) is 36.6 Å². The Morgan fingerprint density at radius 1 is 1.11 bits per heavy atom. The molecule has 1 atom stereocenters. The van der Waals surface area contributed by atoms with Gasteiger partial charge in [0.2, 0.25) is 0 Å². The van der Waals surface area contributed by atoms with Crippen molar-refractivity contribution in [1.82, 2.24) is 4.57 Å². The highest BCUT2D eigenvalue weighted by atomic mass is 127. The van der Waals surface area contributed by atoms with Crippen LogP contribution < -0.4 is 29.1 Å². The van der Waals surface area contributed by atoms with Crippen LogP contribution in [0.4, 0.5) is 0 Å². The van der Waals surface area contributed by atoms with Gasteiger partial charge in [0.05, 0.1) is 49.8 Å². The number of carbonyl (C=O) groups is 1. The van der Waals surface area contributed by atoms with E-state index < -0.39 is 12.0 Å². The number of allylic oxidation sites excluding steroid dienone is 1. The summed E-state index contributed by atoms with van der Waals surface area (Å²) in [6.07, 6.45) is 1.83. The summed E-state index contributed by atoms with van der Waals surface area (Å²) in [4.78, 5) is 32.6. The van der Waals surface area contributed by atoms with Gasteiger partial charge in [0.1, 0.15) is 12.4 Å². The van der Waals surface area contributed by atoms with Gasteiger partial charge in [-0.15, -0.1) is 0 Å². The van der Waals surface area contributed by atoms with E-state index in [2.05, 4.69) is 66.1 Å². The van der Waals surface area contributed by atoms with Crippen LogP contribution in [-0.2, 0) is 16.1 Å². The summed E-state index contributed by atoms with van der Waals surface area (Å²) in [7, 11) is 3.07. The SMILES string of the molecule is CCOC(=O)C1=C(C)N=c2s/c(=C\c3cc(I)c(OCc4ccccc4Cl)c(I)c3)c(=O)n2[C@@H]1c1cc(OC)c(OC)cc1Br. The monoisotopic (exact) mass is 934 g/mol. The van der Waals surface area contributed by atoms with E-state index in [9.17, 15) is 9.59 Å². The van der Waals surface area contributed by atoms with Gasteiger partial charge in [-0.3, -0.25) is 9.36 Å². The summed E-state index contributed by atoms with van der Waals surface area (Å²) >= 11 is 15.7. The third-order valence-electron chi connectivity index (χ3n) is 6.96. The first-order chi connectivity index (χ1) is 21.6. The van der Waals surface area contributed by atoms with Gasteiger partial charge in [-0.2, -0.15) is 0 Å². The molecule has 0 spiro atoms. The van der Waals surface area contributed by atoms with E-state index in [0.29, 0.717) is 48.2 Å². The fourth-order valence-corrected chi connectivity index (χ4v) is 8.79. The molecule has 2 heterocycles. The second-order valence-electron chi connectivity index (χ2n) is 9.72. The Morgan fingerprint density at radius 3 is 2.42 bits per heavy atom. The lowest BCUT2D eigenvalue weighted by atomic mass is 9.95. The fourth-order valence-electron chi connectivity index (χ4n) is 4.88. The van der Waals surface area contributed by atoms with Gasteiger partial charge >= 0.3 is 5.97 Å². The summed E-state index contributed by atoms with van der Waals surface area (Å²) < 4.78 is 27.0. The third-order valence-corrected chi connectivity index (χ3v) is 10.6.